The number of halogens is 1. The van der Waals surface area contributed by atoms with Gasteiger partial charge in [0.15, 0.2) is 12.0 Å². The molecule has 4 heteroatoms. The summed E-state index contributed by atoms with van der Waals surface area (Å²) in [6, 6.07) is 9.87. The number of furan rings is 1. The molecule has 0 bridgehead atoms. The van der Waals surface area contributed by atoms with Crippen LogP contribution >= 0.6 is 11.6 Å². The van der Waals surface area contributed by atoms with E-state index in [-0.39, 0.29) is 0 Å². The number of hydrogen-bond donors (Lipinski definition) is 0. The second kappa shape index (κ2) is 5.94. The number of piperidine rings is 1. The van der Waals surface area contributed by atoms with Crippen molar-refractivity contribution in [3.05, 3.63) is 41.1 Å². The number of aldehydes is 1. The summed E-state index contributed by atoms with van der Waals surface area (Å²) in [5.41, 5.74) is 2.07. The van der Waals surface area contributed by atoms with Crippen molar-refractivity contribution in [1.82, 2.24) is 0 Å². The van der Waals surface area contributed by atoms with Gasteiger partial charge in [-0.1, -0.05) is 11.6 Å². The van der Waals surface area contributed by atoms with Crippen molar-refractivity contribution in [1.29, 1.82) is 0 Å². The van der Waals surface area contributed by atoms with Gasteiger partial charge in [0.1, 0.15) is 5.76 Å². The third-order valence-corrected chi connectivity index (χ3v) is 4.31. The van der Waals surface area contributed by atoms with Crippen molar-refractivity contribution < 1.29 is 9.21 Å². The van der Waals surface area contributed by atoms with Gasteiger partial charge in [-0.15, -0.1) is 0 Å². The zero-order chi connectivity index (χ0) is 14.8. The number of benzene rings is 1. The minimum Gasteiger partial charge on any atom is -0.453 e. The van der Waals surface area contributed by atoms with E-state index in [9.17, 15) is 4.79 Å². The van der Waals surface area contributed by atoms with Gasteiger partial charge in [0.2, 0.25) is 0 Å². The lowest BCUT2D eigenvalue weighted by atomic mass is 10.0. The van der Waals surface area contributed by atoms with E-state index >= 15 is 0 Å². The Morgan fingerprint density at radius 1 is 1.29 bits per heavy atom. The highest BCUT2D eigenvalue weighted by Gasteiger charge is 2.22. The van der Waals surface area contributed by atoms with E-state index in [1.165, 1.54) is 19.3 Å². The van der Waals surface area contributed by atoms with Crippen LogP contribution in [-0.4, -0.2) is 18.9 Å². The van der Waals surface area contributed by atoms with E-state index in [4.69, 9.17) is 16.0 Å². The summed E-state index contributed by atoms with van der Waals surface area (Å²) in [5, 5.41) is 0.669. The fourth-order valence-electron chi connectivity index (χ4n) is 2.97. The summed E-state index contributed by atoms with van der Waals surface area (Å²) in [5.74, 6) is 1.02. The molecule has 0 N–H and O–H groups in total. The van der Waals surface area contributed by atoms with E-state index < -0.39 is 0 Å². The van der Waals surface area contributed by atoms with Crippen LogP contribution in [0.3, 0.4) is 0 Å². The Kier molecular flexibility index (Phi) is 4.02. The molecule has 1 aliphatic rings. The molecule has 0 spiro atoms. The number of carbonyl (C=O) groups excluding carboxylic acids is 1. The van der Waals surface area contributed by atoms with Gasteiger partial charge >= 0.3 is 0 Å². The van der Waals surface area contributed by atoms with Crippen molar-refractivity contribution in [2.45, 2.75) is 32.2 Å². The first kappa shape index (κ1) is 14.2. The Balaban J connectivity index is 2.05. The minimum absolute atomic E-state index is 0.336. The lowest BCUT2D eigenvalue weighted by Gasteiger charge is -2.36. The normalized spacial score (nSPS) is 18.8. The predicted octanol–water partition coefficient (Wildman–Crippen LogP) is 4.79. The molecule has 0 aliphatic carbocycles. The topological polar surface area (TPSA) is 33.5 Å². The smallest absolute Gasteiger partial charge is 0.185 e. The van der Waals surface area contributed by atoms with Crippen molar-refractivity contribution >= 4 is 23.6 Å². The first-order chi connectivity index (χ1) is 10.2. The third-order valence-electron chi connectivity index (χ3n) is 4.08. The van der Waals surface area contributed by atoms with E-state index in [0.717, 1.165) is 24.1 Å². The molecular formula is C17H18ClNO2. The van der Waals surface area contributed by atoms with Crippen molar-refractivity contribution in [3.63, 3.8) is 0 Å². The fourth-order valence-corrected chi connectivity index (χ4v) is 3.15. The van der Waals surface area contributed by atoms with E-state index in [2.05, 4.69) is 11.8 Å². The molecule has 1 aliphatic heterocycles. The molecule has 1 atom stereocenters. The van der Waals surface area contributed by atoms with E-state index in [1.807, 2.05) is 24.3 Å². The molecular weight excluding hydrogens is 286 g/mol. The zero-order valence-electron chi connectivity index (χ0n) is 12.0. The zero-order valence-corrected chi connectivity index (χ0v) is 12.8. The largest absolute Gasteiger partial charge is 0.453 e. The van der Waals surface area contributed by atoms with Gasteiger partial charge < -0.3 is 9.32 Å². The van der Waals surface area contributed by atoms with Crippen molar-refractivity contribution in [2.75, 3.05) is 11.4 Å². The highest BCUT2D eigenvalue weighted by atomic mass is 35.5. The lowest BCUT2D eigenvalue weighted by Crippen LogP contribution is -2.37. The summed E-state index contributed by atoms with van der Waals surface area (Å²) >= 11 is 6.15. The molecule has 1 aromatic heterocycles. The monoisotopic (exact) mass is 303 g/mol. The average molecular weight is 304 g/mol. The summed E-state index contributed by atoms with van der Waals surface area (Å²) < 4.78 is 5.59. The van der Waals surface area contributed by atoms with Gasteiger partial charge in [0.25, 0.3) is 0 Å². The number of anilines is 1. The van der Waals surface area contributed by atoms with Crippen LogP contribution in [-0.2, 0) is 0 Å². The molecule has 1 saturated heterocycles. The van der Waals surface area contributed by atoms with Gasteiger partial charge in [-0.05, 0) is 56.5 Å². The Hall–Kier alpha value is -1.74. The van der Waals surface area contributed by atoms with Crippen LogP contribution in [0.25, 0.3) is 11.3 Å². The molecule has 3 rings (SSSR count). The Labute approximate surface area is 129 Å². The molecule has 1 fully saturated rings. The molecule has 1 aromatic carbocycles. The average Bonchev–Trinajstić information content (AvgIpc) is 2.97. The highest BCUT2D eigenvalue weighted by molar-refractivity contribution is 6.31. The van der Waals surface area contributed by atoms with Gasteiger partial charge in [-0.25, -0.2) is 0 Å². The molecule has 2 aromatic rings. The second-order valence-electron chi connectivity index (χ2n) is 5.52. The SMILES string of the molecule is CC1CCCCN1c1ccc(Cl)cc1-c1ccc(C=O)o1. The van der Waals surface area contributed by atoms with E-state index in [1.54, 1.807) is 6.07 Å². The Morgan fingerprint density at radius 3 is 2.86 bits per heavy atom. The first-order valence-electron chi connectivity index (χ1n) is 7.30. The minimum atomic E-state index is 0.336. The second-order valence-corrected chi connectivity index (χ2v) is 5.96. The van der Waals surface area contributed by atoms with Crippen LogP contribution in [0.1, 0.15) is 36.7 Å². The summed E-state index contributed by atoms with van der Waals surface area (Å²) in [6.45, 7) is 3.29. The number of nitrogens with zero attached hydrogens (tertiary/aromatic N) is 1. The Bertz CT molecular complexity index is 650. The van der Waals surface area contributed by atoms with E-state index in [0.29, 0.717) is 22.6 Å². The molecule has 1 unspecified atom stereocenters. The van der Waals surface area contributed by atoms with Crippen LogP contribution < -0.4 is 4.90 Å². The lowest BCUT2D eigenvalue weighted by molar-refractivity contribution is 0.110. The summed E-state index contributed by atoms with van der Waals surface area (Å²) in [7, 11) is 0. The summed E-state index contributed by atoms with van der Waals surface area (Å²) in [4.78, 5) is 13.2. The molecule has 0 amide bonds. The van der Waals surface area contributed by atoms with Crippen molar-refractivity contribution in [3.8, 4) is 11.3 Å². The maximum absolute atomic E-state index is 10.8. The molecule has 0 saturated carbocycles. The third kappa shape index (κ3) is 2.84. The number of rotatable bonds is 3. The number of carbonyl (C=O) groups is 1. The Morgan fingerprint density at radius 2 is 2.14 bits per heavy atom. The fraction of sp³-hybridized carbons (Fsp3) is 0.353. The molecule has 21 heavy (non-hydrogen) atoms. The maximum atomic E-state index is 10.8. The highest BCUT2D eigenvalue weighted by Crippen LogP contribution is 2.37. The van der Waals surface area contributed by atoms with Gasteiger partial charge in [-0.2, -0.15) is 0 Å². The molecule has 0 radical (unpaired) electrons. The predicted molar refractivity (Wildman–Crippen MR) is 85.2 cm³/mol. The molecule has 2 heterocycles. The first-order valence-corrected chi connectivity index (χ1v) is 7.68. The van der Waals surface area contributed by atoms with Crippen LogP contribution in [0, 0.1) is 0 Å². The van der Waals surface area contributed by atoms with Crippen LogP contribution in [0.2, 0.25) is 5.02 Å². The van der Waals surface area contributed by atoms with Crippen LogP contribution in [0.5, 0.6) is 0 Å². The number of hydrogen-bond acceptors (Lipinski definition) is 3. The van der Waals surface area contributed by atoms with Crippen LogP contribution in [0.15, 0.2) is 34.7 Å². The van der Waals surface area contributed by atoms with Crippen LogP contribution in [0.4, 0.5) is 5.69 Å². The van der Waals surface area contributed by atoms with Gasteiger partial charge in [0.05, 0.1) is 0 Å². The summed E-state index contributed by atoms with van der Waals surface area (Å²) in [6.07, 6.45) is 4.39. The maximum Gasteiger partial charge on any atom is 0.185 e. The van der Waals surface area contributed by atoms with Crippen molar-refractivity contribution in [2.24, 2.45) is 0 Å². The molecule has 3 nitrogen and oxygen atoms in total. The van der Waals surface area contributed by atoms with Gasteiger partial charge in [-0.3, -0.25) is 4.79 Å². The molecule has 110 valence electrons. The quantitative estimate of drug-likeness (QED) is 0.764. The van der Waals surface area contributed by atoms with Gasteiger partial charge in [0, 0.05) is 28.9 Å². The standard InChI is InChI=1S/C17H18ClNO2/c1-12-4-2-3-9-19(12)16-7-5-13(18)10-15(16)17-8-6-14(11-20)21-17/h5-8,10-12H,2-4,9H2,1H3.